The molecule has 0 aliphatic carbocycles. The van der Waals surface area contributed by atoms with Gasteiger partial charge in [0.25, 0.3) is 0 Å². The van der Waals surface area contributed by atoms with Crippen molar-refractivity contribution in [2.24, 2.45) is 5.92 Å². The number of fused-ring (bicyclic) bond motifs is 2. The van der Waals surface area contributed by atoms with E-state index in [1.807, 2.05) is 32.0 Å². The molecule has 0 bridgehead atoms. The smallest absolute Gasteiger partial charge is 0.229 e. The minimum absolute atomic E-state index is 0.0948. The number of amides is 2. The van der Waals surface area contributed by atoms with Crippen LogP contribution in [0.3, 0.4) is 0 Å². The molecule has 0 aromatic heterocycles. The molecule has 1 N–H and O–H groups in total. The third kappa shape index (κ3) is 3.81. The molecule has 5 rings (SSSR count). The fourth-order valence-corrected chi connectivity index (χ4v) is 4.38. The highest BCUT2D eigenvalue weighted by Crippen LogP contribution is 2.39. The van der Waals surface area contributed by atoms with Crippen LogP contribution in [0.2, 0.25) is 0 Å². The predicted octanol–water partition coefficient (Wildman–Crippen LogP) is 3.17. The monoisotopic (exact) mass is 438 g/mol. The highest BCUT2D eigenvalue weighted by molar-refractivity contribution is 6.04. The van der Waals surface area contributed by atoms with Crippen LogP contribution in [-0.2, 0) is 16.0 Å². The van der Waals surface area contributed by atoms with Gasteiger partial charge >= 0.3 is 0 Å². The number of benzene rings is 2. The molecule has 0 spiro atoms. The standard InChI is InChI=1S/C24H26N2O6/c1-3-29-21-9-15-8-14(2)32-20(15)12-18(21)25-24(28)16-10-23(27)26(13-16)17-4-5-19-22(11-17)31-7-6-30-19/h4-5,9,11-12,14,16H,3,6-8,10,13H2,1-2H3,(H,25,28)/t14-,16+/m0/s1. The van der Waals surface area contributed by atoms with Gasteiger partial charge in [-0.05, 0) is 32.0 Å². The number of ether oxygens (including phenoxy) is 4. The average molecular weight is 438 g/mol. The number of nitrogens with one attached hydrogen (secondary N) is 1. The fourth-order valence-electron chi connectivity index (χ4n) is 4.38. The summed E-state index contributed by atoms with van der Waals surface area (Å²) >= 11 is 0. The topological polar surface area (TPSA) is 86.3 Å². The first kappa shape index (κ1) is 20.5. The molecular weight excluding hydrogens is 412 g/mol. The van der Waals surface area contributed by atoms with Crippen LogP contribution in [0, 0.1) is 5.92 Å². The first-order chi connectivity index (χ1) is 15.5. The molecule has 168 valence electrons. The Morgan fingerprint density at radius 3 is 2.75 bits per heavy atom. The van der Waals surface area contributed by atoms with Crippen LogP contribution >= 0.6 is 0 Å². The zero-order valence-corrected chi connectivity index (χ0v) is 18.2. The van der Waals surface area contributed by atoms with Crippen molar-refractivity contribution in [1.82, 2.24) is 0 Å². The Balaban J connectivity index is 1.32. The number of hydrogen-bond donors (Lipinski definition) is 1. The molecule has 8 heteroatoms. The van der Waals surface area contributed by atoms with E-state index < -0.39 is 5.92 Å². The van der Waals surface area contributed by atoms with Gasteiger partial charge in [-0.2, -0.15) is 0 Å². The Kier molecular flexibility index (Phi) is 5.28. The second kappa shape index (κ2) is 8.26. The number of carbonyl (C=O) groups excluding carboxylic acids is 2. The molecule has 3 heterocycles. The van der Waals surface area contributed by atoms with Gasteiger partial charge in [-0.1, -0.05) is 0 Å². The van der Waals surface area contributed by atoms with Crippen LogP contribution < -0.4 is 29.2 Å². The summed E-state index contributed by atoms with van der Waals surface area (Å²) < 4.78 is 22.8. The van der Waals surface area contributed by atoms with Crippen LogP contribution in [0.15, 0.2) is 30.3 Å². The third-order valence-corrected chi connectivity index (χ3v) is 5.89. The maximum atomic E-state index is 13.1. The fraction of sp³-hybridized carbons (Fsp3) is 0.417. The van der Waals surface area contributed by atoms with Crippen LogP contribution in [0.25, 0.3) is 0 Å². The lowest BCUT2D eigenvalue weighted by Gasteiger charge is -2.22. The second-order valence-electron chi connectivity index (χ2n) is 8.24. The number of rotatable bonds is 5. The van der Waals surface area contributed by atoms with Gasteiger partial charge in [-0.25, -0.2) is 0 Å². The molecule has 0 radical (unpaired) electrons. The van der Waals surface area contributed by atoms with Crippen molar-refractivity contribution in [3.8, 4) is 23.0 Å². The van der Waals surface area contributed by atoms with Crippen molar-refractivity contribution in [2.75, 3.05) is 36.6 Å². The summed E-state index contributed by atoms with van der Waals surface area (Å²) in [5.74, 6) is 1.87. The minimum atomic E-state index is -0.474. The number of nitrogens with zero attached hydrogens (tertiary/aromatic N) is 1. The number of carbonyl (C=O) groups is 2. The molecule has 2 amide bonds. The van der Waals surface area contributed by atoms with Crippen molar-refractivity contribution in [3.63, 3.8) is 0 Å². The first-order valence-electron chi connectivity index (χ1n) is 11.0. The average Bonchev–Trinajstić information content (AvgIpc) is 3.35. The van der Waals surface area contributed by atoms with E-state index in [4.69, 9.17) is 18.9 Å². The van der Waals surface area contributed by atoms with E-state index >= 15 is 0 Å². The molecule has 3 aliphatic rings. The summed E-state index contributed by atoms with van der Waals surface area (Å²) in [6, 6.07) is 9.15. The molecule has 2 atom stereocenters. The molecule has 0 unspecified atom stereocenters. The summed E-state index contributed by atoms with van der Waals surface area (Å²) in [6.07, 6.45) is 1.05. The third-order valence-electron chi connectivity index (χ3n) is 5.89. The normalized spacial score (nSPS) is 21.2. The summed E-state index contributed by atoms with van der Waals surface area (Å²) in [5.41, 5.74) is 2.33. The Morgan fingerprint density at radius 2 is 1.94 bits per heavy atom. The highest BCUT2D eigenvalue weighted by atomic mass is 16.6. The Bertz CT molecular complexity index is 1070. The van der Waals surface area contributed by atoms with E-state index in [0.29, 0.717) is 55.0 Å². The van der Waals surface area contributed by atoms with Gasteiger partial charge in [0, 0.05) is 42.8 Å². The number of hydrogen-bond acceptors (Lipinski definition) is 6. The Hall–Kier alpha value is -3.42. The lowest BCUT2D eigenvalue weighted by Crippen LogP contribution is -2.28. The van der Waals surface area contributed by atoms with Crippen LogP contribution in [-0.4, -0.2) is 44.3 Å². The predicted molar refractivity (Wildman–Crippen MR) is 118 cm³/mol. The van der Waals surface area contributed by atoms with Crippen LogP contribution in [0.4, 0.5) is 11.4 Å². The second-order valence-corrected chi connectivity index (χ2v) is 8.24. The van der Waals surface area contributed by atoms with Crippen LogP contribution in [0.1, 0.15) is 25.8 Å². The molecule has 2 aromatic carbocycles. The molecule has 0 saturated carbocycles. The van der Waals surface area contributed by atoms with Gasteiger partial charge in [0.15, 0.2) is 11.5 Å². The Morgan fingerprint density at radius 1 is 1.12 bits per heavy atom. The van der Waals surface area contributed by atoms with E-state index in [-0.39, 0.29) is 24.3 Å². The lowest BCUT2D eigenvalue weighted by molar-refractivity contribution is -0.122. The first-order valence-corrected chi connectivity index (χ1v) is 11.0. The van der Waals surface area contributed by atoms with Crippen molar-refractivity contribution in [2.45, 2.75) is 32.8 Å². The zero-order valence-electron chi connectivity index (χ0n) is 18.2. The summed E-state index contributed by atoms with van der Waals surface area (Å²) in [5, 5.41) is 2.96. The maximum absolute atomic E-state index is 13.1. The quantitative estimate of drug-likeness (QED) is 0.772. The molecule has 3 aliphatic heterocycles. The van der Waals surface area contributed by atoms with Crippen molar-refractivity contribution >= 4 is 23.2 Å². The summed E-state index contributed by atoms with van der Waals surface area (Å²) in [4.78, 5) is 27.4. The zero-order chi connectivity index (χ0) is 22.2. The van der Waals surface area contributed by atoms with E-state index in [0.717, 1.165) is 17.7 Å². The van der Waals surface area contributed by atoms with Crippen molar-refractivity contribution in [1.29, 1.82) is 0 Å². The van der Waals surface area contributed by atoms with Crippen molar-refractivity contribution in [3.05, 3.63) is 35.9 Å². The SMILES string of the molecule is CCOc1cc2c(cc1NC(=O)[C@@H]1CC(=O)N(c3ccc4c(c3)OCCO4)C1)O[C@@H](C)C2. The van der Waals surface area contributed by atoms with Crippen molar-refractivity contribution < 1.29 is 28.5 Å². The van der Waals surface area contributed by atoms with Gasteiger partial charge < -0.3 is 29.2 Å². The lowest BCUT2D eigenvalue weighted by atomic mass is 10.1. The molecule has 32 heavy (non-hydrogen) atoms. The summed E-state index contributed by atoms with van der Waals surface area (Å²) in [7, 11) is 0. The van der Waals surface area contributed by atoms with Gasteiger partial charge in [0.1, 0.15) is 30.8 Å². The molecular formula is C24H26N2O6. The van der Waals surface area contributed by atoms with E-state index in [1.54, 1.807) is 17.0 Å². The highest BCUT2D eigenvalue weighted by Gasteiger charge is 2.36. The van der Waals surface area contributed by atoms with Gasteiger partial charge in [0.05, 0.1) is 18.2 Å². The molecule has 1 saturated heterocycles. The van der Waals surface area contributed by atoms with Gasteiger partial charge in [-0.15, -0.1) is 0 Å². The maximum Gasteiger partial charge on any atom is 0.229 e. The van der Waals surface area contributed by atoms with E-state index in [9.17, 15) is 9.59 Å². The van der Waals surface area contributed by atoms with E-state index in [2.05, 4.69) is 5.32 Å². The van der Waals surface area contributed by atoms with Gasteiger partial charge in [-0.3, -0.25) is 9.59 Å². The van der Waals surface area contributed by atoms with Crippen LogP contribution in [0.5, 0.6) is 23.0 Å². The minimum Gasteiger partial charge on any atom is -0.492 e. The summed E-state index contributed by atoms with van der Waals surface area (Å²) in [6.45, 7) is 5.67. The molecule has 2 aromatic rings. The van der Waals surface area contributed by atoms with Gasteiger partial charge in [0.2, 0.25) is 11.8 Å². The largest absolute Gasteiger partial charge is 0.492 e. The molecule has 1 fully saturated rings. The number of anilines is 2. The molecule has 8 nitrogen and oxygen atoms in total. The Labute approximate surface area is 186 Å². The van der Waals surface area contributed by atoms with E-state index in [1.165, 1.54) is 0 Å².